The Morgan fingerprint density at radius 1 is 0.269 bits per heavy atom. The Bertz CT molecular complexity index is 1570. The topological polar surface area (TPSA) is 78.9 Å². The quantitative estimate of drug-likeness (QED) is 0.0261. The Kier molecular flexibility index (Phi) is 62.3. The van der Waals surface area contributed by atoms with Gasteiger partial charge in [0.15, 0.2) is 6.10 Å². The van der Waals surface area contributed by atoms with Crippen LogP contribution in [0.5, 0.6) is 0 Å². The van der Waals surface area contributed by atoms with Gasteiger partial charge in [0.1, 0.15) is 13.2 Å². The van der Waals surface area contributed by atoms with Crippen molar-refractivity contribution in [3.05, 3.63) is 109 Å². The molecular weight excluding hydrogens is 961 g/mol. The van der Waals surface area contributed by atoms with Gasteiger partial charge < -0.3 is 14.2 Å². The molecule has 6 heteroatoms. The van der Waals surface area contributed by atoms with E-state index in [4.69, 9.17) is 14.2 Å². The molecule has 0 N–H and O–H groups in total. The molecule has 0 spiro atoms. The SMILES string of the molecule is CC/C=C\C/C=C\C/C=C\C/C=C\C/C=C\CCCCCCCCCC(=O)OCC(COC(=O)CCCCCC/C=C\C/C=C\C/C=C\C/C=C\CC)OC(=O)CCCCCCCCCCCCCCCCCCCCCC. The summed E-state index contributed by atoms with van der Waals surface area (Å²) in [4.78, 5) is 38.4. The molecule has 0 aromatic rings. The highest BCUT2D eigenvalue weighted by molar-refractivity contribution is 5.71. The van der Waals surface area contributed by atoms with Crippen LogP contribution in [0.1, 0.15) is 310 Å². The zero-order valence-electron chi connectivity index (χ0n) is 51.2. The Hall–Kier alpha value is -3.93. The van der Waals surface area contributed by atoms with E-state index in [1.165, 1.54) is 135 Å². The van der Waals surface area contributed by atoms with E-state index in [1.807, 2.05) is 0 Å². The van der Waals surface area contributed by atoms with Crippen molar-refractivity contribution in [3.8, 4) is 0 Å². The summed E-state index contributed by atoms with van der Waals surface area (Å²) in [5.74, 6) is -0.913. The fourth-order valence-electron chi connectivity index (χ4n) is 9.17. The Morgan fingerprint density at radius 2 is 0.500 bits per heavy atom. The summed E-state index contributed by atoms with van der Waals surface area (Å²) >= 11 is 0. The normalized spacial score (nSPS) is 12.8. The average molecular weight is 1080 g/mol. The Balaban J connectivity index is 4.42. The second-order valence-electron chi connectivity index (χ2n) is 21.6. The number of hydrogen-bond donors (Lipinski definition) is 0. The number of unbranched alkanes of at least 4 members (excludes halogenated alkanes) is 30. The maximum absolute atomic E-state index is 12.9. The summed E-state index contributed by atoms with van der Waals surface area (Å²) in [7, 11) is 0. The molecule has 0 fully saturated rings. The molecule has 0 saturated heterocycles. The summed E-state index contributed by atoms with van der Waals surface area (Å²) in [5, 5.41) is 0. The van der Waals surface area contributed by atoms with Gasteiger partial charge in [-0.1, -0.05) is 297 Å². The van der Waals surface area contributed by atoms with Crippen molar-refractivity contribution in [2.24, 2.45) is 0 Å². The first-order chi connectivity index (χ1) is 38.5. The van der Waals surface area contributed by atoms with Crippen molar-refractivity contribution >= 4 is 17.9 Å². The molecule has 0 aromatic carbocycles. The molecule has 0 aromatic heterocycles. The summed E-state index contributed by atoms with van der Waals surface area (Å²) in [6.45, 7) is 6.42. The van der Waals surface area contributed by atoms with Crippen LogP contribution in [0.2, 0.25) is 0 Å². The summed E-state index contributed by atoms with van der Waals surface area (Å²) < 4.78 is 16.9. The van der Waals surface area contributed by atoms with Crippen LogP contribution in [0.25, 0.3) is 0 Å². The van der Waals surface area contributed by atoms with E-state index in [2.05, 4.69) is 130 Å². The Labute approximate surface area is 482 Å². The molecule has 446 valence electrons. The molecule has 0 bridgehead atoms. The Morgan fingerprint density at radius 3 is 0.782 bits per heavy atom. The van der Waals surface area contributed by atoms with Crippen molar-refractivity contribution < 1.29 is 28.6 Å². The number of hydrogen-bond acceptors (Lipinski definition) is 6. The molecule has 0 saturated carbocycles. The minimum atomic E-state index is -0.795. The summed E-state index contributed by atoms with van der Waals surface area (Å²) in [6, 6.07) is 0. The van der Waals surface area contributed by atoms with Gasteiger partial charge in [-0.3, -0.25) is 14.4 Å². The molecule has 0 aliphatic rings. The van der Waals surface area contributed by atoms with Gasteiger partial charge in [-0.05, 0) is 103 Å². The van der Waals surface area contributed by atoms with Gasteiger partial charge in [0.05, 0.1) is 0 Å². The minimum Gasteiger partial charge on any atom is -0.462 e. The van der Waals surface area contributed by atoms with Crippen molar-refractivity contribution in [2.75, 3.05) is 13.2 Å². The first-order valence-electron chi connectivity index (χ1n) is 32.9. The van der Waals surface area contributed by atoms with E-state index < -0.39 is 6.10 Å². The molecule has 6 nitrogen and oxygen atoms in total. The van der Waals surface area contributed by atoms with Crippen LogP contribution in [0.15, 0.2) is 109 Å². The molecule has 0 amide bonds. The largest absolute Gasteiger partial charge is 0.462 e. The maximum atomic E-state index is 12.9. The third kappa shape index (κ3) is 62.9. The van der Waals surface area contributed by atoms with Crippen molar-refractivity contribution in [3.63, 3.8) is 0 Å². The number of ether oxygens (including phenoxy) is 3. The number of allylic oxidation sites excluding steroid dienone is 18. The predicted molar refractivity (Wildman–Crippen MR) is 339 cm³/mol. The van der Waals surface area contributed by atoms with Gasteiger partial charge in [0.2, 0.25) is 0 Å². The average Bonchev–Trinajstić information content (AvgIpc) is 3.44. The maximum Gasteiger partial charge on any atom is 0.306 e. The third-order valence-electron chi connectivity index (χ3n) is 14.0. The van der Waals surface area contributed by atoms with Crippen LogP contribution in [0, 0.1) is 0 Å². The summed E-state index contributed by atoms with van der Waals surface area (Å²) in [5.41, 5.74) is 0. The van der Waals surface area contributed by atoms with Gasteiger partial charge in [-0.25, -0.2) is 0 Å². The minimum absolute atomic E-state index is 0.0910. The van der Waals surface area contributed by atoms with Crippen LogP contribution in [-0.2, 0) is 28.6 Å². The fraction of sp³-hybridized carbons (Fsp3) is 0.708. The van der Waals surface area contributed by atoms with Gasteiger partial charge in [0.25, 0.3) is 0 Å². The number of carbonyl (C=O) groups is 3. The molecule has 0 heterocycles. The first-order valence-corrected chi connectivity index (χ1v) is 32.9. The van der Waals surface area contributed by atoms with E-state index >= 15 is 0 Å². The highest BCUT2D eigenvalue weighted by Gasteiger charge is 2.19. The second-order valence-corrected chi connectivity index (χ2v) is 21.6. The van der Waals surface area contributed by atoms with E-state index in [-0.39, 0.29) is 31.1 Å². The van der Waals surface area contributed by atoms with Crippen LogP contribution < -0.4 is 0 Å². The first kappa shape index (κ1) is 74.1. The lowest BCUT2D eigenvalue weighted by Crippen LogP contribution is -2.30. The number of esters is 3. The van der Waals surface area contributed by atoms with Crippen LogP contribution in [0.4, 0.5) is 0 Å². The summed E-state index contributed by atoms with van der Waals surface area (Å²) in [6.07, 6.45) is 89.5. The number of rotatable bonds is 59. The van der Waals surface area contributed by atoms with Crippen molar-refractivity contribution in [1.82, 2.24) is 0 Å². The highest BCUT2D eigenvalue weighted by Crippen LogP contribution is 2.17. The predicted octanol–water partition coefficient (Wildman–Crippen LogP) is 22.6. The van der Waals surface area contributed by atoms with Crippen LogP contribution >= 0.6 is 0 Å². The van der Waals surface area contributed by atoms with Crippen LogP contribution in [-0.4, -0.2) is 37.2 Å². The zero-order valence-corrected chi connectivity index (χ0v) is 51.2. The third-order valence-corrected chi connectivity index (χ3v) is 14.0. The van der Waals surface area contributed by atoms with Gasteiger partial charge in [-0.15, -0.1) is 0 Å². The molecule has 1 atom stereocenters. The monoisotopic (exact) mass is 1080 g/mol. The van der Waals surface area contributed by atoms with E-state index in [9.17, 15) is 14.4 Å². The van der Waals surface area contributed by atoms with E-state index in [0.717, 1.165) is 135 Å². The van der Waals surface area contributed by atoms with Gasteiger partial charge in [-0.2, -0.15) is 0 Å². The van der Waals surface area contributed by atoms with E-state index in [0.29, 0.717) is 19.3 Å². The fourth-order valence-corrected chi connectivity index (χ4v) is 9.17. The van der Waals surface area contributed by atoms with Crippen LogP contribution in [0.3, 0.4) is 0 Å². The van der Waals surface area contributed by atoms with Crippen molar-refractivity contribution in [1.29, 1.82) is 0 Å². The van der Waals surface area contributed by atoms with E-state index in [1.54, 1.807) is 0 Å². The molecule has 0 rings (SSSR count). The highest BCUT2D eigenvalue weighted by atomic mass is 16.6. The standard InChI is InChI=1S/C72H122O6/c1-4-7-10-13-16-19-22-25-28-31-33-35-36-37-39-41-44-47-50-53-56-59-62-65-71(74)77-68-69(67-76-70(73)64-61-58-55-52-49-46-43-40-30-27-24-21-18-15-12-9-6-3)78-72(75)66-63-60-57-54-51-48-45-42-38-34-32-29-26-23-20-17-14-11-8-5-2/h7,9-10,12,16,18-19,21,25,27-28,30,33,35,37,39,43,46,69H,4-6,8,11,13-15,17,20,22-24,26,29,31-32,34,36,38,40-42,44-45,47-68H2,1-3H3/b10-7-,12-9-,19-16-,21-18-,28-25-,30-27-,35-33-,39-37-,46-43-. The lowest BCUT2D eigenvalue weighted by molar-refractivity contribution is -0.167. The lowest BCUT2D eigenvalue weighted by Gasteiger charge is -2.18. The number of carbonyl (C=O) groups excluding carboxylic acids is 3. The zero-order chi connectivity index (χ0) is 56.4. The molecule has 0 aliphatic heterocycles. The molecule has 0 aliphatic carbocycles. The molecule has 78 heavy (non-hydrogen) atoms. The van der Waals surface area contributed by atoms with Crippen molar-refractivity contribution in [2.45, 2.75) is 316 Å². The van der Waals surface area contributed by atoms with Gasteiger partial charge >= 0.3 is 17.9 Å². The second kappa shape index (κ2) is 65.6. The van der Waals surface area contributed by atoms with Gasteiger partial charge in [0, 0.05) is 19.3 Å². The molecule has 1 unspecified atom stereocenters. The lowest BCUT2D eigenvalue weighted by atomic mass is 10.0. The smallest absolute Gasteiger partial charge is 0.306 e. The molecular formula is C72H122O6. The molecule has 0 radical (unpaired) electrons.